The van der Waals surface area contributed by atoms with Crippen LogP contribution in [0.5, 0.6) is 0 Å². The van der Waals surface area contributed by atoms with Crippen LogP contribution in [-0.2, 0) is 6.42 Å². The highest BCUT2D eigenvalue weighted by Crippen LogP contribution is 2.31. The summed E-state index contributed by atoms with van der Waals surface area (Å²) in [7, 11) is 0. The number of nitrogens with two attached hydrogens (primary N) is 1. The van der Waals surface area contributed by atoms with Crippen molar-refractivity contribution in [1.29, 1.82) is 0 Å². The third-order valence-corrected chi connectivity index (χ3v) is 3.29. The topological polar surface area (TPSA) is 51.8 Å². The van der Waals surface area contributed by atoms with Crippen LogP contribution in [0.4, 0.5) is 5.82 Å². The average Bonchev–Trinajstić information content (AvgIpc) is 2.30. The van der Waals surface area contributed by atoms with E-state index in [1.54, 1.807) is 0 Å². The van der Waals surface area contributed by atoms with Gasteiger partial charge in [-0.25, -0.2) is 9.97 Å². The Bertz CT molecular complexity index is 343. The molecule has 0 unspecified atom stereocenters. The van der Waals surface area contributed by atoms with Crippen LogP contribution in [0.15, 0.2) is 6.07 Å². The summed E-state index contributed by atoms with van der Waals surface area (Å²) < 4.78 is 0. The Morgan fingerprint density at radius 1 is 1.25 bits per heavy atom. The van der Waals surface area contributed by atoms with Crippen molar-refractivity contribution in [2.45, 2.75) is 57.8 Å². The minimum atomic E-state index is 0.549. The number of anilines is 1. The number of nitrogen functional groups attached to an aromatic ring is 1. The summed E-state index contributed by atoms with van der Waals surface area (Å²) in [6.07, 6.45) is 8.57. The summed E-state index contributed by atoms with van der Waals surface area (Å²) in [6, 6.07) is 1.91. The molecule has 1 aromatic rings. The normalized spacial score (nSPS) is 17.6. The molecule has 0 radical (unpaired) electrons. The van der Waals surface area contributed by atoms with Crippen LogP contribution in [0.3, 0.4) is 0 Å². The molecule has 16 heavy (non-hydrogen) atoms. The van der Waals surface area contributed by atoms with Crippen molar-refractivity contribution >= 4 is 5.82 Å². The molecule has 1 fully saturated rings. The van der Waals surface area contributed by atoms with E-state index < -0.39 is 0 Å². The number of aryl methyl sites for hydroxylation is 1. The predicted octanol–water partition coefficient (Wildman–Crippen LogP) is 3.06. The smallest absolute Gasteiger partial charge is 0.134 e. The van der Waals surface area contributed by atoms with E-state index in [9.17, 15) is 0 Å². The maximum atomic E-state index is 5.85. The highest BCUT2D eigenvalue weighted by atomic mass is 15.0. The molecule has 0 aromatic carbocycles. The van der Waals surface area contributed by atoms with Gasteiger partial charge in [-0.2, -0.15) is 0 Å². The van der Waals surface area contributed by atoms with E-state index in [1.807, 2.05) is 6.07 Å². The first-order chi connectivity index (χ1) is 7.79. The highest BCUT2D eigenvalue weighted by Gasteiger charge is 2.18. The van der Waals surface area contributed by atoms with Gasteiger partial charge in [0.25, 0.3) is 0 Å². The van der Waals surface area contributed by atoms with Crippen LogP contribution in [0.1, 0.15) is 62.9 Å². The molecule has 1 aliphatic rings. The van der Waals surface area contributed by atoms with Crippen LogP contribution in [-0.4, -0.2) is 9.97 Å². The summed E-state index contributed by atoms with van der Waals surface area (Å²) in [5.74, 6) is 2.18. The lowest BCUT2D eigenvalue weighted by Gasteiger charge is -2.20. The number of hydrogen-bond donors (Lipinski definition) is 1. The van der Waals surface area contributed by atoms with Gasteiger partial charge in [-0.05, 0) is 19.3 Å². The third-order valence-electron chi connectivity index (χ3n) is 3.29. The van der Waals surface area contributed by atoms with Gasteiger partial charge in [-0.15, -0.1) is 0 Å². The molecule has 0 amide bonds. The molecule has 3 heteroatoms. The van der Waals surface area contributed by atoms with E-state index in [4.69, 9.17) is 5.73 Å². The maximum absolute atomic E-state index is 5.85. The van der Waals surface area contributed by atoms with Gasteiger partial charge in [0.1, 0.15) is 11.6 Å². The molecular formula is C13H21N3. The molecular weight excluding hydrogens is 198 g/mol. The molecule has 0 saturated heterocycles. The second-order valence-corrected chi connectivity index (χ2v) is 4.73. The van der Waals surface area contributed by atoms with Crippen molar-refractivity contribution in [2.75, 3.05) is 5.73 Å². The SMILES string of the molecule is CCCc1cc(N)nc(C2CCCCC2)n1. The molecule has 0 atom stereocenters. The summed E-state index contributed by atoms with van der Waals surface area (Å²) in [4.78, 5) is 9.06. The van der Waals surface area contributed by atoms with Gasteiger partial charge in [0.15, 0.2) is 0 Å². The molecule has 0 spiro atoms. The quantitative estimate of drug-likeness (QED) is 0.850. The minimum Gasteiger partial charge on any atom is -0.384 e. The van der Waals surface area contributed by atoms with Crippen molar-refractivity contribution < 1.29 is 0 Å². The van der Waals surface area contributed by atoms with E-state index >= 15 is 0 Å². The first kappa shape index (κ1) is 11.4. The Morgan fingerprint density at radius 3 is 2.69 bits per heavy atom. The average molecular weight is 219 g/mol. The van der Waals surface area contributed by atoms with Crippen molar-refractivity contribution in [1.82, 2.24) is 9.97 Å². The Morgan fingerprint density at radius 2 is 2.00 bits per heavy atom. The van der Waals surface area contributed by atoms with Gasteiger partial charge in [0.05, 0.1) is 0 Å². The minimum absolute atomic E-state index is 0.549. The van der Waals surface area contributed by atoms with Crippen molar-refractivity contribution in [3.63, 3.8) is 0 Å². The van der Waals surface area contributed by atoms with Crippen LogP contribution in [0.25, 0.3) is 0 Å². The summed E-state index contributed by atoms with van der Waals surface area (Å²) in [5, 5.41) is 0. The molecule has 2 rings (SSSR count). The lowest BCUT2D eigenvalue weighted by atomic mass is 9.88. The lowest BCUT2D eigenvalue weighted by molar-refractivity contribution is 0.428. The first-order valence-corrected chi connectivity index (χ1v) is 6.43. The molecule has 1 aromatic heterocycles. The van der Waals surface area contributed by atoms with Crippen molar-refractivity contribution in [3.8, 4) is 0 Å². The van der Waals surface area contributed by atoms with Crippen LogP contribution in [0, 0.1) is 0 Å². The Labute approximate surface area is 97.5 Å². The van der Waals surface area contributed by atoms with Gasteiger partial charge in [0.2, 0.25) is 0 Å². The van der Waals surface area contributed by atoms with E-state index in [0.29, 0.717) is 11.7 Å². The van der Waals surface area contributed by atoms with Gasteiger partial charge < -0.3 is 5.73 Å². The zero-order valence-corrected chi connectivity index (χ0v) is 10.1. The number of aromatic nitrogens is 2. The van der Waals surface area contributed by atoms with Gasteiger partial charge in [-0.3, -0.25) is 0 Å². The molecule has 2 N–H and O–H groups in total. The van der Waals surface area contributed by atoms with Crippen molar-refractivity contribution in [2.24, 2.45) is 0 Å². The number of rotatable bonds is 3. The van der Waals surface area contributed by atoms with Crippen molar-refractivity contribution in [3.05, 3.63) is 17.6 Å². The molecule has 88 valence electrons. The summed E-state index contributed by atoms with van der Waals surface area (Å²) >= 11 is 0. The Balaban J connectivity index is 2.18. The first-order valence-electron chi connectivity index (χ1n) is 6.43. The molecule has 1 aliphatic carbocycles. The van der Waals surface area contributed by atoms with Gasteiger partial charge >= 0.3 is 0 Å². The molecule has 0 aliphatic heterocycles. The number of hydrogen-bond acceptors (Lipinski definition) is 3. The largest absolute Gasteiger partial charge is 0.384 e. The monoisotopic (exact) mass is 219 g/mol. The fraction of sp³-hybridized carbons (Fsp3) is 0.692. The lowest BCUT2D eigenvalue weighted by Crippen LogP contribution is -2.11. The Hall–Kier alpha value is -1.12. The molecule has 3 nitrogen and oxygen atoms in total. The second-order valence-electron chi connectivity index (χ2n) is 4.73. The van der Waals surface area contributed by atoms with E-state index in [-0.39, 0.29) is 0 Å². The van der Waals surface area contributed by atoms with Crippen LogP contribution < -0.4 is 5.73 Å². The third kappa shape index (κ3) is 2.71. The zero-order valence-electron chi connectivity index (χ0n) is 10.1. The van der Waals surface area contributed by atoms with E-state index in [0.717, 1.165) is 24.4 Å². The summed E-state index contributed by atoms with van der Waals surface area (Å²) in [6.45, 7) is 2.17. The fourth-order valence-electron chi connectivity index (χ4n) is 2.47. The highest BCUT2D eigenvalue weighted by molar-refractivity contribution is 5.30. The fourth-order valence-corrected chi connectivity index (χ4v) is 2.47. The standard InChI is InChI=1S/C13H21N3/c1-2-6-11-9-12(14)16-13(15-11)10-7-4-3-5-8-10/h9-10H,2-8H2,1H3,(H2,14,15,16). The van der Waals surface area contributed by atoms with E-state index in [2.05, 4.69) is 16.9 Å². The molecule has 0 bridgehead atoms. The molecule has 1 saturated carbocycles. The van der Waals surface area contributed by atoms with E-state index in [1.165, 1.54) is 32.1 Å². The summed E-state index contributed by atoms with van der Waals surface area (Å²) in [5.41, 5.74) is 6.95. The maximum Gasteiger partial charge on any atom is 0.134 e. The Kier molecular flexibility index (Phi) is 3.75. The van der Waals surface area contributed by atoms with Gasteiger partial charge in [-0.1, -0.05) is 32.6 Å². The molecule has 1 heterocycles. The number of nitrogens with zero attached hydrogens (tertiary/aromatic N) is 2. The predicted molar refractivity (Wildman–Crippen MR) is 66.3 cm³/mol. The van der Waals surface area contributed by atoms with Crippen LogP contribution >= 0.6 is 0 Å². The zero-order chi connectivity index (χ0) is 11.4. The van der Waals surface area contributed by atoms with Crippen LogP contribution in [0.2, 0.25) is 0 Å². The van der Waals surface area contributed by atoms with Gasteiger partial charge in [0, 0.05) is 17.7 Å². The second kappa shape index (κ2) is 5.28.